The van der Waals surface area contributed by atoms with Crippen molar-refractivity contribution in [3.63, 3.8) is 0 Å². The van der Waals surface area contributed by atoms with Gasteiger partial charge in [0, 0.05) is 5.56 Å². The lowest BCUT2D eigenvalue weighted by Crippen LogP contribution is -2.18. The predicted octanol–water partition coefficient (Wildman–Crippen LogP) is 4.30. The third-order valence-electron chi connectivity index (χ3n) is 4.27. The Morgan fingerprint density at radius 1 is 1.17 bits per heavy atom. The summed E-state index contributed by atoms with van der Waals surface area (Å²) >= 11 is 0. The number of hydrogen-bond donors (Lipinski definition) is 0. The lowest BCUT2D eigenvalue weighted by molar-refractivity contribution is 0.103. The highest BCUT2D eigenvalue weighted by Crippen LogP contribution is 2.31. The van der Waals surface area contributed by atoms with Gasteiger partial charge < -0.3 is 9.47 Å². The molecule has 2 aromatic rings. The zero-order chi connectivity index (χ0) is 17.3. The van der Waals surface area contributed by atoms with Crippen LogP contribution in [0.4, 0.5) is 0 Å². The summed E-state index contributed by atoms with van der Waals surface area (Å²) in [6.45, 7) is 9.55. The number of ketones is 1. The second kappa shape index (κ2) is 6.40. The molecule has 0 aliphatic carbocycles. The fourth-order valence-electron chi connectivity index (χ4n) is 2.87. The van der Waals surface area contributed by atoms with E-state index in [2.05, 4.69) is 20.8 Å². The Morgan fingerprint density at radius 3 is 2.54 bits per heavy atom. The standard InChI is InChI=1S/C21H24O3/c1-14-8-7-11-18(24-13-15-12-23-15)19(14)20(22)16-9-5-6-10-17(16)21(2,3)4/h5-11,15H,12-13H2,1-4H3. The van der Waals surface area contributed by atoms with Crippen molar-refractivity contribution in [2.24, 2.45) is 0 Å². The normalized spacial score (nSPS) is 16.8. The van der Waals surface area contributed by atoms with Gasteiger partial charge in [0.25, 0.3) is 0 Å². The summed E-state index contributed by atoms with van der Waals surface area (Å²) in [6.07, 6.45) is 0.162. The first kappa shape index (κ1) is 16.7. The quantitative estimate of drug-likeness (QED) is 0.608. The Balaban J connectivity index is 2.01. The van der Waals surface area contributed by atoms with E-state index in [9.17, 15) is 4.79 Å². The van der Waals surface area contributed by atoms with Gasteiger partial charge >= 0.3 is 0 Å². The van der Waals surface area contributed by atoms with Crippen LogP contribution in [0.25, 0.3) is 0 Å². The van der Waals surface area contributed by atoms with E-state index >= 15 is 0 Å². The maximum absolute atomic E-state index is 13.3. The van der Waals surface area contributed by atoms with E-state index in [1.807, 2.05) is 49.4 Å². The molecule has 126 valence electrons. The lowest BCUT2D eigenvalue weighted by Gasteiger charge is -2.23. The van der Waals surface area contributed by atoms with Gasteiger partial charge in [0.2, 0.25) is 0 Å². The summed E-state index contributed by atoms with van der Waals surface area (Å²) in [5.41, 5.74) is 3.27. The first-order valence-electron chi connectivity index (χ1n) is 8.36. The van der Waals surface area contributed by atoms with Gasteiger partial charge in [0.15, 0.2) is 5.78 Å². The number of carbonyl (C=O) groups excluding carboxylic acids is 1. The topological polar surface area (TPSA) is 38.8 Å². The first-order chi connectivity index (χ1) is 11.4. The summed E-state index contributed by atoms with van der Waals surface area (Å²) in [7, 11) is 0. The van der Waals surface area contributed by atoms with E-state index in [0.717, 1.165) is 23.3 Å². The minimum atomic E-state index is -0.0994. The second-order valence-electron chi connectivity index (χ2n) is 7.34. The number of ether oxygens (including phenoxy) is 2. The summed E-state index contributed by atoms with van der Waals surface area (Å²) in [5, 5.41) is 0. The Labute approximate surface area is 143 Å². The van der Waals surface area contributed by atoms with Crippen molar-refractivity contribution < 1.29 is 14.3 Å². The average molecular weight is 324 g/mol. The van der Waals surface area contributed by atoms with Gasteiger partial charge in [-0.15, -0.1) is 0 Å². The molecule has 1 heterocycles. The van der Waals surface area contributed by atoms with Crippen molar-refractivity contribution in [1.82, 2.24) is 0 Å². The fourth-order valence-corrected chi connectivity index (χ4v) is 2.87. The molecule has 1 aliphatic heterocycles. The zero-order valence-electron chi connectivity index (χ0n) is 14.8. The van der Waals surface area contributed by atoms with E-state index in [0.29, 0.717) is 17.9 Å². The first-order valence-corrected chi connectivity index (χ1v) is 8.36. The SMILES string of the molecule is Cc1cccc(OCC2CO2)c1C(=O)c1ccccc1C(C)(C)C. The van der Waals surface area contributed by atoms with Gasteiger partial charge in [0.1, 0.15) is 18.5 Å². The van der Waals surface area contributed by atoms with Gasteiger partial charge in [-0.1, -0.05) is 57.2 Å². The highest BCUT2D eigenvalue weighted by atomic mass is 16.6. The predicted molar refractivity (Wildman–Crippen MR) is 95.0 cm³/mol. The number of epoxide rings is 1. The molecule has 2 aromatic carbocycles. The second-order valence-corrected chi connectivity index (χ2v) is 7.34. The van der Waals surface area contributed by atoms with Gasteiger partial charge in [-0.05, 0) is 29.5 Å². The molecule has 3 heteroatoms. The van der Waals surface area contributed by atoms with E-state index in [-0.39, 0.29) is 17.3 Å². The van der Waals surface area contributed by atoms with Gasteiger partial charge in [-0.3, -0.25) is 4.79 Å². The van der Waals surface area contributed by atoms with E-state index in [4.69, 9.17) is 9.47 Å². The maximum Gasteiger partial charge on any atom is 0.197 e. The van der Waals surface area contributed by atoms with E-state index < -0.39 is 0 Å². The summed E-state index contributed by atoms with van der Waals surface area (Å²) in [4.78, 5) is 13.3. The number of hydrogen-bond acceptors (Lipinski definition) is 3. The molecule has 24 heavy (non-hydrogen) atoms. The van der Waals surface area contributed by atoms with Crippen LogP contribution < -0.4 is 4.74 Å². The zero-order valence-corrected chi connectivity index (χ0v) is 14.8. The van der Waals surface area contributed by atoms with Crippen LogP contribution in [0.5, 0.6) is 5.75 Å². The highest BCUT2D eigenvalue weighted by Gasteiger charge is 2.27. The Kier molecular flexibility index (Phi) is 4.46. The molecule has 1 atom stereocenters. The van der Waals surface area contributed by atoms with E-state index in [1.54, 1.807) is 0 Å². The number of carbonyl (C=O) groups is 1. The maximum atomic E-state index is 13.3. The smallest absolute Gasteiger partial charge is 0.197 e. The molecular formula is C21H24O3. The molecule has 1 fully saturated rings. The van der Waals surface area contributed by atoms with Crippen molar-refractivity contribution in [2.45, 2.75) is 39.2 Å². The van der Waals surface area contributed by atoms with Crippen LogP contribution in [0.2, 0.25) is 0 Å². The molecule has 0 spiro atoms. The molecule has 0 radical (unpaired) electrons. The highest BCUT2D eigenvalue weighted by molar-refractivity contribution is 6.12. The minimum Gasteiger partial charge on any atom is -0.490 e. The largest absolute Gasteiger partial charge is 0.490 e. The molecule has 0 bridgehead atoms. The van der Waals surface area contributed by atoms with Crippen molar-refractivity contribution in [3.8, 4) is 5.75 Å². The van der Waals surface area contributed by atoms with Crippen LogP contribution in [0, 0.1) is 6.92 Å². The Hall–Kier alpha value is -2.13. The van der Waals surface area contributed by atoms with Crippen molar-refractivity contribution in [2.75, 3.05) is 13.2 Å². The molecule has 0 saturated carbocycles. The van der Waals surface area contributed by atoms with E-state index in [1.165, 1.54) is 0 Å². The van der Waals surface area contributed by atoms with Crippen LogP contribution in [-0.2, 0) is 10.2 Å². The van der Waals surface area contributed by atoms with Gasteiger partial charge in [-0.25, -0.2) is 0 Å². The van der Waals surface area contributed by atoms with Gasteiger partial charge in [0.05, 0.1) is 12.2 Å². The number of rotatable bonds is 5. The van der Waals surface area contributed by atoms with Crippen molar-refractivity contribution in [1.29, 1.82) is 0 Å². The molecule has 1 unspecified atom stereocenters. The Bertz CT molecular complexity index is 752. The summed E-state index contributed by atoms with van der Waals surface area (Å²) in [5.74, 6) is 0.657. The average Bonchev–Trinajstić information content (AvgIpc) is 3.36. The van der Waals surface area contributed by atoms with Gasteiger partial charge in [-0.2, -0.15) is 0 Å². The molecule has 0 N–H and O–H groups in total. The molecule has 3 rings (SSSR count). The Morgan fingerprint density at radius 2 is 1.88 bits per heavy atom. The molecular weight excluding hydrogens is 300 g/mol. The van der Waals surface area contributed by atoms with Crippen LogP contribution >= 0.6 is 0 Å². The fraction of sp³-hybridized carbons (Fsp3) is 0.381. The van der Waals surface area contributed by atoms with Crippen molar-refractivity contribution in [3.05, 3.63) is 64.7 Å². The van der Waals surface area contributed by atoms with Crippen LogP contribution in [-0.4, -0.2) is 25.1 Å². The minimum absolute atomic E-state index is 0.0188. The van der Waals surface area contributed by atoms with Crippen molar-refractivity contribution >= 4 is 5.78 Å². The van der Waals surface area contributed by atoms with Crippen LogP contribution in [0.15, 0.2) is 42.5 Å². The molecule has 1 aliphatic rings. The van der Waals surface area contributed by atoms with Crippen LogP contribution in [0.1, 0.15) is 47.8 Å². The lowest BCUT2D eigenvalue weighted by atomic mass is 9.81. The molecule has 3 nitrogen and oxygen atoms in total. The number of benzene rings is 2. The third kappa shape index (κ3) is 3.51. The number of aryl methyl sites for hydroxylation is 1. The third-order valence-corrected chi connectivity index (χ3v) is 4.27. The summed E-state index contributed by atoms with van der Waals surface area (Å²) < 4.78 is 11.1. The summed E-state index contributed by atoms with van der Waals surface area (Å²) in [6, 6.07) is 13.6. The molecule has 0 amide bonds. The monoisotopic (exact) mass is 324 g/mol. The van der Waals surface area contributed by atoms with Crippen LogP contribution in [0.3, 0.4) is 0 Å². The molecule has 0 aromatic heterocycles. The molecule has 1 saturated heterocycles.